The van der Waals surface area contributed by atoms with Crippen molar-refractivity contribution in [1.82, 2.24) is 0 Å². The maximum atomic E-state index is 13.3. The molecule has 1 nitrogen and oxygen atoms in total. The Hall–Kier alpha value is -0.450. The Morgan fingerprint density at radius 1 is 1.54 bits per heavy atom. The van der Waals surface area contributed by atoms with Crippen LogP contribution in [-0.4, -0.2) is 5.11 Å². The van der Waals surface area contributed by atoms with Crippen LogP contribution in [0.25, 0.3) is 10.1 Å². The zero-order valence-electron chi connectivity index (χ0n) is 6.55. The first-order valence-corrected chi connectivity index (χ1v) is 5.36. The van der Waals surface area contributed by atoms with Crippen LogP contribution >= 0.6 is 27.3 Å². The van der Waals surface area contributed by atoms with Crippen molar-refractivity contribution in [3.8, 4) is 0 Å². The van der Waals surface area contributed by atoms with Crippen molar-refractivity contribution in [2.24, 2.45) is 0 Å². The fraction of sp³-hybridized carbons (Fsp3) is 0.111. The average Bonchev–Trinajstić information content (AvgIpc) is 2.60. The lowest BCUT2D eigenvalue weighted by Gasteiger charge is -2.02. The van der Waals surface area contributed by atoms with Crippen molar-refractivity contribution < 1.29 is 9.50 Å². The molecule has 2 aromatic rings. The second-order valence-electron chi connectivity index (χ2n) is 2.65. The Kier molecular flexibility index (Phi) is 2.36. The molecule has 0 amide bonds. The van der Waals surface area contributed by atoms with Gasteiger partial charge in [-0.2, -0.15) is 0 Å². The summed E-state index contributed by atoms with van der Waals surface area (Å²) in [6.07, 6.45) is 0. The van der Waals surface area contributed by atoms with Crippen molar-refractivity contribution in [2.75, 3.05) is 0 Å². The smallest absolute Gasteiger partial charge is 0.132 e. The highest BCUT2D eigenvalue weighted by Gasteiger charge is 2.10. The van der Waals surface area contributed by atoms with E-state index in [0.29, 0.717) is 10.9 Å². The third-order valence-electron chi connectivity index (χ3n) is 1.88. The first-order chi connectivity index (χ1) is 6.24. The first kappa shape index (κ1) is 9.12. The van der Waals surface area contributed by atoms with E-state index in [1.807, 2.05) is 5.38 Å². The molecule has 0 radical (unpaired) electrons. The molecule has 0 unspecified atom stereocenters. The predicted molar refractivity (Wildman–Crippen MR) is 55.4 cm³/mol. The molecule has 2 rings (SSSR count). The van der Waals surface area contributed by atoms with E-state index in [-0.39, 0.29) is 12.4 Å². The summed E-state index contributed by atoms with van der Waals surface area (Å²) in [5.74, 6) is -0.275. The van der Waals surface area contributed by atoms with Gasteiger partial charge in [0.2, 0.25) is 0 Å². The topological polar surface area (TPSA) is 20.2 Å². The third-order valence-corrected chi connectivity index (χ3v) is 3.98. The van der Waals surface area contributed by atoms with E-state index in [9.17, 15) is 4.39 Å². The van der Waals surface area contributed by atoms with Gasteiger partial charge in [0.1, 0.15) is 5.82 Å². The number of halogens is 2. The van der Waals surface area contributed by atoms with Crippen LogP contribution in [0.2, 0.25) is 0 Å². The molecule has 0 spiro atoms. The molecular weight excluding hydrogens is 255 g/mol. The average molecular weight is 261 g/mol. The number of hydrogen-bond donors (Lipinski definition) is 1. The quantitative estimate of drug-likeness (QED) is 0.835. The third kappa shape index (κ3) is 1.39. The molecule has 1 heterocycles. The number of benzene rings is 1. The summed E-state index contributed by atoms with van der Waals surface area (Å²) in [6, 6.07) is 3.10. The standard InChI is InChI=1S/C9H6BrFOS/c10-8-5(4-12)3-7(11)6-1-2-13-9(6)8/h1-3,12H,4H2. The van der Waals surface area contributed by atoms with Gasteiger partial charge in [-0.15, -0.1) is 11.3 Å². The molecule has 0 aliphatic rings. The van der Waals surface area contributed by atoms with Gasteiger partial charge >= 0.3 is 0 Å². The number of fused-ring (bicyclic) bond motifs is 1. The summed E-state index contributed by atoms with van der Waals surface area (Å²) in [5.41, 5.74) is 0.590. The highest BCUT2D eigenvalue weighted by molar-refractivity contribution is 9.10. The maximum Gasteiger partial charge on any atom is 0.132 e. The minimum Gasteiger partial charge on any atom is -0.392 e. The maximum absolute atomic E-state index is 13.3. The Balaban J connectivity index is 2.85. The summed E-state index contributed by atoms with van der Waals surface area (Å²) < 4.78 is 15.0. The van der Waals surface area contributed by atoms with Crippen molar-refractivity contribution in [1.29, 1.82) is 0 Å². The number of aliphatic hydroxyl groups excluding tert-OH is 1. The molecule has 13 heavy (non-hydrogen) atoms. The van der Waals surface area contributed by atoms with Crippen LogP contribution < -0.4 is 0 Å². The minimum absolute atomic E-state index is 0.147. The summed E-state index contributed by atoms with van der Waals surface area (Å²) in [6.45, 7) is -0.147. The van der Waals surface area contributed by atoms with Gasteiger partial charge in [0.25, 0.3) is 0 Å². The van der Waals surface area contributed by atoms with Crippen LogP contribution in [-0.2, 0) is 6.61 Å². The van der Waals surface area contributed by atoms with Crippen LogP contribution in [0.4, 0.5) is 4.39 Å². The first-order valence-electron chi connectivity index (χ1n) is 3.69. The Morgan fingerprint density at radius 3 is 3.00 bits per heavy atom. The fourth-order valence-corrected chi connectivity index (χ4v) is 2.82. The normalized spacial score (nSPS) is 11.0. The van der Waals surface area contributed by atoms with Crippen molar-refractivity contribution in [3.63, 3.8) is 0 Å². The zero-order chi connectivity index (χ0) is 9.42. The lowest BCUT2D eigenvalue weighted by molar-refractivity contribution is 0.280. The second-order valence-corrected chi connectivity index (χ2v) is 4.36. The summed E-state index contributed by atoms with van der Waals surface area (Å²) in [7, 11) is 0. The van der Waals surface area contributed by atoms with Gasteiger partial charge in [-0.1, -0.05) is 0 Å². The van der Waals surface area contributed by atoms with Gasteiger partial charge in [0.05, 0.1) is 11.3 Å². The van der Waals surface area contributed by atoms with E-state index in [1.165, 1.54) is 17.4 Å². The van der Waals surface area contributed by atoms with Gasteiger partial charge in [-0.25, -0.2) is 4.39 Å². The van der Waals surface area contributed by atoms with Crippen LogP contribution in [0.15, 0.2) is 22.0 Å². The SMILES string of the molecule is OCc1cc(F)c2ccsc2c1Br. The Morgan fingerprint density at radius 2 is 2.31 bits per heavy atom. The number of hydrogen-bond acceptors (Lipinski definition) is 2. The van der Waals surface area contributed by atoms with E-state index >= 15 is 0 Å². The molecule has 0 aliphatic carbocycles. The Bertz CT molecular complexity index is 452. The molecule has 68 valence electrons. The number of rotatable bonds is 1. The fourth-order valence-electron chi connectivity index (χ4n) is 1.22. The lowest BCUT2D eigenvalue weighted by Crippen LogP contribution is -1.87. The predicted octanol–water partition coefficient (Wildman–Crippen LogP) is 3.30. The highest BCUT2D eigenvalue weighted by Crippen LogP contribution is 2.33. The van der Waals surface area contributed by atoms with E-state index in [1.54, 1.807) is 6.07 Å². The summed E-state index contributed by atoms with van der Waals surface area (Å²) in [4.78, 5) is 0. The minimum atomic E-state index is -0.275. The molecule has 1 aromatic carbocycles. The van der Waals surface area contributed by atoms with Gasteiger partial charge < -0.3 is 5.11 Å². The molecule has 0 saturated heterocycles. The number of aliphatic hydroxyl groups is 1. The molecule has 0 atom stereocenters. The van der Waals surface area contributed by atoms with Crippen LogP contribution in [0.5, 0.6) is 0 Å². The summed E-state index contributed by atoms with van der Waals surface area (Å²) >= 11 is 4.80. The molecule has 1 aromatic heterocycles. The zero-order valence-corrected chi connectivity index (χ0v) is 8.95. The van der Waals surface area contributed by atoms with Gasteiger partial charge in [0.15, 0.2) is 0 Å². The largest absolute Gasteiger partial charge is 0.392 e. The van der Waals surface area contributed by atoms with E-state index < -0.39 is 0 Å². The molecule has 0 fully saturated rings. The van der Waals surface area contributed by atoms with Crippen molar-refractivity contribution in [3.05, 3.63) is 33.4 Å². The van der Waals surface area contributed by atoms with Crippen LogP contribution in [0.1, 0.15) is 5.56 Å². The Labute approximate surface area is 86.9 Å². The lowest BCUT2D eigenvalue weighted by atomic mass is 10.2. The van der Waals surface area contributed by atoms with Gasteiger partial charge in [0, 0.05) is 9.86 Å². The van der Waals surface area contributed by atoms with E-state index in [4.69, 9.17) is 5.11 Å². The van der Waals surface area contributed by atoms with E-state index in [2.05, 4.69) is 15.9 Å². The molecule has 0 bridgehead atoms. The molecule has 4 heteroatoms. The molecule has 0 saturated carbocycles. The summed E-state index contributed by atoms with van der Waals surface area (Å²) in [5, 5.41) is 11.4. The van der Waals surface area contributed by atoms with Crippen LogP contribution in [0.3, 0.4) is 0 Å². The monoisotopic (exact) mass is 260 g/mol. The number of thiophene rings is 1. The molecule has 1 N–H and O–H groups in total. The molecule has 0 aliphatic heterocycles. The van der Waals surface area contributed by atoms with Crippen molar-refractivity contribution >= 4 is 37.4 Å². The molecular formula is C9H6BrFOS. The van der Waals surface area contributed by atoms with Gasteiger partial charge in [-0.3, -0.25) is 0 Å². The van der Waals surface area contributed by atoms with E-state index in [0.717, 1.165) is 9.17 Å². The van der Waals surface area contributed by atoms with Crippen molar-refractivity contribution in [2.45, 2.75) is 6.61 Å². The van der Waals surface area contributed by atoms with Gasteiger partial charge in [-0.05, 0) is 39.0 Å². The second kappa shape index (κ2) is 3.36. The van der Waals surface area contributed by atoms with Crippen LogP contribution in [0, 0.1) is 5.82 Å². The highest BCUT2D eigenvalue weighted by atomic mass is 79.9.